The number of rotatable bonds is 3. The zero-order valence-corrected chi connectivity index (χ0v) is 10.6. The van der Waals surface area contributed by atoms with Gasteiger partial charge in [0.2, 0.25) is 5.78 Å². The number of hydrogen-bond acceptors (Lipinski definition) is 3. The van der Waals surface area contributed by atoms with Crippen molar-refractivity contribution in [2.75, 3.05) is 0 Å². The van der Waals surface area contributed by atoms with Crippen molar-refractivity contribution in [3.05, 3.63) is 70.5 Å². The summed E-state index contributed by atoms with van der Waals surface area (Å²) in [6.07, 6.45) is 4.75. The van der Waals surface area contributed by atoms with Crippen molar-refractivity contribution in [3.63, 3.8) is 0 Å². The molecule has 1 aromatic carbocycles. The van der Waals surface area contributed by atoms with Gasteiger partial charge in [0.25, 0.3) is 0 Å². The van der Waals surface area contributed by atoms with Gasteiger partial charge in [0.05, 0.1) is 0 Å². The Balaban J connectivity index is 2.33. The van der Waals surface area contributed by atoms with Crippen LogP contribution < -0.4 is 0 Å². The largest absolute Gasteiger partial charge is 0.288 e. The van der Waals surface area contributed by atoms with E-state index in [1.165, 1.54) is 0 Å². The van der Waals surface area contributed by atoms with Crippen LogP contribution in [-0.4, -0.2) is 10.8 Å². The molecule has 0 amide bonds. The van der Waals surface area contributed by atoms with E-state index in [9.17, 15) is 4.79 Å². The number of hydrogen-bond donors (Lipinski definition) is 0. The van der Waals surface area contributed by atoms with Crippen LogP contribution >= 0.6 is 11.6 Å². The fourth-order valence-electron chi connectivity index (χ4n) is 1.53. The Labute approximate surface area is 115 Å². The lowest BCUT2D eigenvalue weighted by molar-refractivity contribution is 0.104. The molecule has 1 aromatic heterocycles. The monoisotopic (exact) mass is 268 g/mol. The van der Waals surface area contributed by atoms with Crippen molar-refractivity contribution in [3.8, 4) is 6.07 Å². The molecule has 3 nitrogen and oxygen atoms in total. The third-order valence-corrected chi connectivity index (χ3v) is 2.74. The van der Waals surface area contributed by atoms with E-state index in [-0.39, 0.29) is 11.4 Å². The lowest BCUT2D eigenvalue weighted by atomic mass is 10.0. The van der Waals surface area contributed by atoms with Crippen molar-refractivity contribution in [2.45, 2.75) is 0 Å². The molecule has 0 fully saturated rings. The molecule has 0 unspecified atom stereocenters. The number of pyridine rings is 1. The molecule has 0 saturated heterocycles. The quantitative estimate of drug-likeness (QED) is 0.486. The number of benzene rings is 1. The van der Waals surface area contributed by atoms with Crippen LogP contribution in [0.4, 0.5) is 0 Å². The molecule has 0 aliphatic carbocycles. The summed E-state index contributed by atoms with van der Waals surface area (Å²) in [5, 5.41) is 9.64. The number of allylic oxidation sites excluding steroid dienone is 1. The summed E-state index contributed by atoms with van der Waals surface area (Å²) in [5.41, 5.74) is 1.27. The smallest absolute Gasteiger partial charge is 0.203 e. The van der Waals surface area contributed by atoms with E-state index in [1.807, 2.05) is 6.07 Å². The molecule has 1 heterocycles. The number of carbonyl (C=O) groups is 1. The van der Waals surface area contributed by atoms with E-state index >= 15 is 0 Å². The molecule has 2 aromatic rings. The first-order valence-electron chi connectivity index (χ1n) is 5.53. The van der Waals surface area contributed by atoms with Gasteiger partial charge in [0, 0.05) is 23.0 Å². The van der Waals surface area contributed by atoms with Gasteiger partial charge in [0.15, 0.2) is 0 Å². The lowest BCUT2D eigenvalue weighted by Gasteiger charge is -2.00. The predicted octanol–water partition coefficient (Wildman–Crippen LogP) is 3.52. The summed E-state index contributed by atoms with van der Waals surface area (Å²) in [6.45, 7) is 0. The maximum absolute atomic E-state index is 12.1. The van der Waals surface area contributed by atoms with Crippen LogP contribution in [0.15, 0.2) is 54.4 Å². The second-order valence-electron chi connectivity index (χ2n) is 3.79. The second-order valence-corrected chi connectivity index (χ2v) is 4.22. The summed E-state index contributed by atoms with van der Waals surface area (Å²) in [4.78, 5) is 16.0. The maximum atomic E-state index is 12.1. The Morgan fingerprint density at radius 3 is 2.37 bits per heavy atom. The maximum Gasteiger partial charge on any atom is 0.203 e. The van der Waals surface area contributed by atoms with Crippen molar-refractivity contribution in [1.82, 2.24) is 4.98 Å². The minimum atomic E-state index is -0.323. The Morgan fingerprint density at radius 2 is 1.79 bits per heavy atom. The molecule has 0 atom stereocenters. The van der Waals surface area contributed by atoms with Crippen molar-refractivity contribution < 1.29 is 4.79 Å². The summed E-state index contributed by atoms with van der Waals surface area (Å²) >= 11 is 5.76. The number of nitrogens with zero attached hydrogens (tertiary/aromatic N) is 2. The number of ketones is 1. The minimum Gasteiger partial charge on any atom is -0.288 e. The minimum absolute atomic E-state index is 0.0773. The average molecular weight is 269 g/mol. The lowest BCUT2D eigenvalue weighted by Crippen LogP contribution is -2.01. The Morgan fingerprint density at radius 1 is 1.16 bits per heavy atom. The van der Waals surface area contributed by atoms with Crippen molar-refractivity contribution >= 4 is 23.5 Å². The standard InChI is InChI=1S/C15H9ClN2O/c16-14-3-1-12(2-4-14)15(19)13(10-17)9-11-5-7-18-8-6-11/h1-9H/b13-9+. The highest BCUT2D eigenvalue weighted by Gasteiger charge is 2.11. The molecule has 0 bridgehead atoms. The number of aromatic nitrogens is 1. The molecule has 0 saturated carbocycles. The first kappa shape index (κ1) is 13.0. The van der Waals surface area contributed by atoms with Gasteiger partial charge in [-0.3, -0.25) is 9.78 Å². The molecule has 19 heavy (non-hydrogen) atoms. The van der Waals surface area contributed by atoms with Crippen molar-refractivity contribution in [2.24, 2.45) is 0 Å². The molecule has 4 heteroatoms. The Bertz CT molecular complexity index is 655. The summed E-state index contributed by atoms with van der Waals surface area (Å²) in [7, 11) is 0. The van der Waals surface area contributed by atoms with Gasteiger partial charge in [-0.15, -0.1) is 0 Å². The molecule has 2 rings (SSSR count). The van der Waals surface area contributed by atoms with Gasteiger partial charge in [-0.2, -0.15) is 5.26 Å². The van der Waals surface area contributed by atoms with E-state index in [2.05, 4.69) is 4.98 Å². The number of nitriles is 1. The summed E-state index contributed by atoms with van der Waals surface area (Å²) in [5.74, 6) is -0.323. The van der Waals surface area contributed by atoms with E-state index in [0.717, 1.165) is 5.56 Å². The van der Waals surface area contributed by atoms with Gasteiger partial charge >= 0.3 is 0 Å². The van der Waals surface area contributed by atoms with Gasteiger partial charge in [-0.05, 0) is 48.0 Å². The van der Waals surface area contributed by atoms with Crippen LogP contribution in [0.2, 0.25) is 5.02 Å². The fourth-order valence-corrected chi connectivity index (χ4v) is 1.66. The molecular weight excluding hydrogens is 260 g/mol. The number of halogens is 1. The third kappa shape index (κ3) is 3.27. The Hall–Kier alpha value is -2.44. The molecule has 0 spiro atoms. The molecule has 0 aliphatic rings. The molecule has 0 aliphatic heterocycles. The molecule has 92 valence electrons. The van der Waals surface area contributed by atoms with Crippen LogP contribution in [0.5, 0.6) is 0 Å². The van der Waals surface area contributed by atoms with Crippen LogP contribution in [-0.2, 0) is 0 Å². The fraction of sp³-hybridized carbons (Fsp3) is 0. The highest BCUT2D eigenvalue weighted by atomic mass is 35.5. The van der Waals surface area contributed by atoms with Crippen LogP contribution in [0, 0.1) is 11.3 Å². The van der Waals surface area contributed by atoms with Crippen LogP contribution in [0.1, 0.15) is 15.9 Å². The third-order valence-electron chi connectivity index (χ3n) is 2.49. The van der Waals surface area contributed by atoms with Gasteiger partial charge in [-0.25, -0.2) is 0 Å². The highest BCUT2D eigenvalue weighted by Crippen LogP contribution is 2.15. The van der Waals surface area contributed by atoms with E-state index in [1.54, 1.807) is 54.9 Å². The normalized spacial score (nSPS) is 10.8. The van der Waals surface area contributed by atoms with Gasteiger partial charge in [0.1, 0.15) is 11.6 Å². The van der Waals surface area contributed by atoms with Crippen molar-refractivity contribution in [1.29, 1.82) is 5.26 Å². The van der Waals surface area contributed by atoms with Gasteiger partial charge in [-0.1, -0.05) is 11.6 Å². The van der Waals surface area contributed by atoms with E-state index in [0.29, 0.717) is 10.6 Å². The predicted molar refractivity (Wildman–Crippen MR) is 73.6 cm³/mol. The molecule has 0 radical (unpaired) electrons. The van der Waals surface area contributed by atoms with E-state index < -0.39 is 0 Å². The van der Waals surface area contributed by atoms with Crippen LogP contribution in [0.3, 0.4) is 0 Å². The number of Topliss-reactive ketones (excluding diaryl/α,β-unsaturated/α-hetero) is 1. The average Bonchev–Trinajstić information content (AvgIpc) is 2.46. The SMILES string of the molecule is N#C/C(=C\c1ccncc1)C(=O)c1ccc(Cl)cc1. The van der Waals surface area contributed by atoms with E-state index in [4.69, 9.17) is 16.9 Å². The number of carbonyl (C=O) groups excluding carboxylic acids is 1. The Kier molecular flexibility index (Phi) is 4.07. The highest BCUT2D eigenvalue weighted by molar-refractivity contribution is 6.30. The first-order chi connectivity index (χ1) is 9.20. The van der Waals surface area contributed by atoms with Gasteiger partial charge < -0.3 is 0 Å². The summed E-state index contributed by atoms with van der Waals surface area (Å²) < 4.78 is 0. The zero-order chi connectivity index (χ0) is 13.7. The summed E-state index contributed by atoms with van der Waals surface area (Å²) in [6, 6.07) is 11.8. The topological polar surface area (TPSA) is 53.8 Å². The van der Waals surface area contributed by atoms with Crippen LogP contribution in [0.25, 0.3) is 6.08 Å². The second kappa shape index (κ2) is 5.94. The first-order valence-corrected chi connectivity index (χ1v) is 5.90. The molecule has 0 N–H and O–H groups in total. The zero-order valence-electron chi connectivity index (χ0n) is 9.88. The molecular formula is C15H9ClN2O.